The predicted octanol–water partition coefficient (Wildman–Crippen LogP) is 1.90. The van der Waals surface area contributed by atoms with Crippen LogP contribution in [0.25, 0.3) is 0 Å². The topological polar surface area (TPSA) is 83.5 Å². The van der Waals surface area contributed by atoms with Crippen LogP contribution in [0.5, 0.6) is 0 Å². The smallest absolute Gasteiger partial charge is 0.321 e. The molecule has 0 unspecified atom stereocenters. The second kappa shape index (κ2) is 5.22. The number of hydrogen-bond acceptors (Lipinski definition) is 4. The molecule has 0 bridgehead atoms. The molecule has 1 atom stereocenters. The Kier molecular flexibility index (Phi) is 3.98. The van der Waals surface area contributed by atoms with Crippen LogP contribution < -0.4 is 4.72 Å². The molecule has 7 heteroatoms. The number of carboxylic acid groups (broad SMARTS) is 1. The van der Waals surface area contributed by atoms with Crippen molar-refractivity contribution in [3.63, 3.8) is 0 Å². The van der Waals surface area contributed by atoms with Gasteiger partial charge in [-0.05, 0) is 37.1 Å². The van der Waals surface area contributed by atoms with Gasteiger partial charge in [0.05, 0.1) is 4.90 Å². The minimum Gasteiger partial charge on any atom is -0.480 e. The predicted molar refractivity (Wildman–Crippen MR) is 72.9 cm³/mol. The van der Waals surface area contributed by atoms with Gasteiger partial charge in [0.15, 0.2) is 0 Å². The number of aliphatic carboxylic acids is 1. The lowest BCUT2D eigenvalue weighted by atomic mass is 10.1. The van der Waals surface area contributed by atoms with Gasteiger partial charge in [0.25, 0.3) is 0 Å². The summed E-state index contributed by atoms with van der Waals surface area (Å²) in [7, 11) is -3.76. The fraction of sp³-hybridized carbons (Fsp3) is 0.583. The first-order valence-electron chi connectivity index (χ1n) is 6.11. The molecule has 0 spiro atoms. The third kappa shape index (κ3) is 3.34. The average molecular weight is 303 g/mol. The number of carboxylic acids is 1. The second-order valence-electron chi connectivity index (χ2n) is 5.00. The van der Waals surface area contributed by atoms with E-state index in [2.05, 4.69) is 4.72 Å². The average Bonchev–Trinajstić information content (AvgIpc) is 3.02. The van der Waals surface area contributed by atoms with Crippen LogP contribution in [0.1, 0.15) is 29.7 Å². The van der Waals surface area contributed by atoms with E-state index in [0.717, 1.165) is 12.8 Å². The van der Waals surface area contributed by atoms with Crippen molar-refractivity contribution < 1.29 is 18.3 Å². The van der Waals surface area contributed by atoms with Crippen molar-refractivity contribution in [3.8, 4) is 0 Å². The number of carbonyl (C=O) groups is 1. The van der Waals surface area contributed by atoms with Crippen LogP contribution in [-0.2, 0) is 14.8 Å². The van der Waals surface area contributed by atoms with E-state index in [0.29, 0.717) is 22.8 Å². The number of thiophene rings is 1. The number of rotatable bonds is 6. The standard InChI is InChI=1S/C12H17NO4S2/c1-7-6-18-8(2)11(7)19(16,17)13-10(12(14)15)5-9-3-4-9/h6,9-10,13H,3-5H2,1-2H3,(H,14,15)/t10-/m0/s1. The van der Waals surface area contributed by atoms with Crippen LogP contribution in [0.2, 0.25) is 0 Å². The number of sulfonamides is 1. The summed E-state index contributed by atoms with van der Waals surface area (Å²) < 4.78 is 26.9. The maximum Gasteiger partial charge on any atom is 0.321 e. The zero-order chi connectivity index (χ0) is 14.2. The van der Waals surface area contributed by atoms with Gasteiger partial charge >= 0.3 is 5.97 Å². The van der Waals surface area contributed by atoms with Crippen molar-refractivity contribution in [2.75, 3.05) is 0 Å². The van der Waals surface area contributed by atoms with Crippen molar-refractivity contribution in [2.24, 2.45) is 5.92 Å². The molecule has 106 valence electrons. The molecule has 1 fully saturated rings. The third-order valence-electron chi connectivity index (χ3n) is 3.22. The zero-order valence-electron chi connectivity index (χ0n) is 10.8. The fourth-order valence-electron chi connectivity index (χ4n) is 2.10. The van der Waals surface area contributed by atoms with Gasteiger partial charge in [-0.1, -0.05) is 12.8 Å². The summed E-state index contributed by atoms with van der Waals surface area (Å²) >= 11 is 1.35. The van der Waals surface area contributed by atoms with E-state index in [-0.39, 0.29) is 4.90 Å². The van der Waals surface area contributed by atoms with Crippen LogP contribution in [0.15, 0.2) is 10.3 Å². The number of hydrogen-bond donors (Lipinski definition) is 2. The normalized spacial score (nSPS) is 17.4. The Morgan fingerprint density at radius 1 is 1.53 bits per heavy atom. The van der Waals surface area contributed by atoms with E-state index in [4.69, 9.17) is 5.11 Å². The Morgan fingerprint density at radius 3 is 2.58 bits per heavy atom. The highest BCUT2D eigenvalue weighted by Gasteiger charge is 2.33. The molecule has 0 saturated heterocycles. The summed E-state index contributed by atoms with van der Waals surface area (Å²) in [5.41, 5.74) is 0.658. The molecule has 0 amide bonds. The van der Waals surface area contributed by atoms with Gasteiger partial charge in [-0.2, -0.15) is 4.72 Å². The molecule has 19 heavy (non-hydrogen) atoms. The van der Waals surface area contributed by atoms with Gasteiger partial charge in [-0.25, -0.2) is 8.42 Å². The first-order chi connectivity index (χ1) is 8.81. The quantitative estimate of drug-likeness (QED) is 0.840. The highest BCUT2D eigenvalue weighted by molar-refractivity contribution is 7.89. The van der Waals surface area contributed by atoms with Crippen LogP contribution >= 0.6 is 11.3 Å². The Hall–Kier alpha value is -0.920. The van der Waals surface area contributed by atoms with Crippen LogP contribution in [0.3, 0.4) is 0 Å². The SMILES string of the molecule is Cc1csc(C)c1S(=O)(=O)N[C@@H](CC1CC1)C(=O)O. The molecular weight excluding hydrogens is 286 g/mol. The zero-order valence-corrected chi connectivity index (χ0v) is 12.5. The Labute approximate surface area is 116 Å². The molecule has 0 radical (unpaired) electrons. The summed E-state index contributed by atoms with van der Waals surface area (Å²) in [6.07, 6.45) is 2.35. The monoisotopic (exact) mass is 303 g/mol. The molecule has 1 heterocycles. The van der Waals surface area contributed by atoms with Crippen molar-refractivity contribution in [2.45, 2.75) is 44.0 Å². The Bertz CT molecular complexity index is 567. The first kappa shape index (κ1) is 14.5. The Morgan fingerprint density at radius 2 is 2.16 bits per heavy atom. The van der Waals surface area contributed by atoms with Gasteiger partial charge < -0.3 is 5.11 Å². The van der Waals surface area contributed by atoms with E-state index in [1.54, 1.807) is 19.2 Å². The summed E-state index contributed by atoms with van der Waals surface area (Å²) in [4.78, 5) is 12.1. The molecule has 1 aliphatic carbocycles. The molecule has 0 aliphatic heterocycles. The summed E-state index contributed by atoms with van der Waals surface area (Å²) in [5, 5.41) is 10.9. The van der Waals surface area contributed by atoms with E-state index < -0.39 is 22.0 Å². The maximum absolute atomic E-state index is 12.3. The summed E-state index contributed by atoms with van der Waals surface area (Å²) in [5.74, 6) is -0.769. The van der Waals surface area contributed by atoms with Crippen LogP contribution in [0.4, 0.5) is 0 Å². The Balaban J connectivity index is 2.21. The number of aryl methyl sites for hydroxylation is 2. The van der Waals surface area contributed by atoms with Crippen LogP contribution in [0, 0.1) is 19.8 Å². The minimum absolute atomic E-state index is 0.222. The lowest BCUT2D eigenvalue weighted by molar-refractivity contribution is -0.139. The van der Waals surface area contributed by atoms with Crippen LogP contribution in [-0.4, -0.2) is 25.5 Å². The van der Waals surface area contributed by atoms with Crippen molar-refractivity contribution in [3.05, 3.63) is 15.8 Å². The maximum atomic E-state index is 12.3. The first-order valence-corrected chi connectivity index (χ1v) is 8.47. The van der Waals surface area contributed by atoms with Crippen molar-refractivity contribution >= 4 is 27.3 Å². The molecule has 1 aliphatic rings. The highest BCUT2D eigenvalue weighted by Crippen LogP contribution is 2.34. The van der Waals surface area contributed by atoms with E-state index in [9.17, 15) is 13.2 Å². The molecule has 5 nitrogen and oxygen atoms in total. The molecule has 2 N–H and O–H groups in total. The van der Waals surface area contributed by atoms with Gasteiger partial charge in [-0.15, -0.1) is 11.3 Å². The molecule has 1 aromatic rings. The van der Waals surface area contributed by atoms with E-state index in [1.807, 2.05) is 0 Å². The molecule has 0 aromatic carbocycles. The largest absolute Gasteiger partial charge is 0.480 e. The number of nitrogens with one attached hydrogen (secondary N) is 1. The van der Waals surface area contributed by atoms with Crippen molar-refractivity contribution in [1.29, 1.82) is 0 Å². The lowest BCUT2D eigenvalue weighted by Gasteiger charge is -2.15. The second-order valence-corrected chi connectivity index (χ2v) is 7.73. The van der Waals surface area contributed by atoms with E-state index in [1.165, 1.54) is 11.3 Å². The van der Waals surface area contributed by atoms with E-state index >= 15 is 0 Å². The summed E-state index contributed by atoms with van der Waals surface area (Å²) in [6.45, 7) is 3.44. The third-order valence-corrected chi connectivity index (χ3v) is 6.14. The molecule has 1 aromatic heterocycles. The van der Waals surface area contributed by atoms with Crippen molar-refractivity contribution in [1.82, 2.24) is 4.72 Å². The minimum atomic E-state index is -3.76. The summed E-state index contributed by atoms with van der Waals surface area (Å²) in [6, 6.07) is -1.03. The lowest BCUT2D eigenvalue weighted by Crippen LogP contribution is -2.41. The van der Waals surface area contributed by atoms with Gasteiger partial charge in [0.1, 0.15) is 6.04 Å². The molecule has 1 saturated carbocycles. The van der Waals surface area contributed by atoms with Gasteiger partial charge in [0.2, 0.25) is 10.0 Å². The molecular formula is C12H17NO4S2. The van der Waals surface area contributed by atoms with Gasteiger partial charge in [-0.3, -0.25) is 4.79 Å². The highest BCUT2D eigenvalue weighted by atomic mass is 32.2. The van der Waals surface area contributed by atoms with Gasteiger partial charge in [0, 0.05) is 4.88 Å². The molecule has 2 rings (SSSR count). The fourth-order valence-corrected chi connectivity index (χ4v) is 4.93.